The van der Waals surface area contributed by atoms with E-state index in [-0.39, 0.29) is 11.3 Å². The first kappa shape index (κ1) is 13.5. The molecule has 1 aromatic heterocycles. The number of amides is 1. The summed E-state index contributed by atoms with van der Waals surface area (Å²) in [5.74, 6) is 0.200. The van der Waals surface area contributed by atoms with E-state index < -0.39 is 0 Å². The lowest BCUT2D eigenvalue weighted by atomic mass is 9.66. The first-order valence-electron chi connectivity index (χ1n) is 6.40. The lowest BCUT2D eigenvalue weighted by molar-refractivity contribution is -0.134. The normalized spacial score (nSPS) is 17.3. The molecule has 0 radical (unpaired) electrons. The topological polar surface area (TPSA) is 59.2 Å². The van der Waals surface area contributed by atoms with Crippen molar-refractivity contribution in [1.29, 1.82) is 0 Å². The van der Waals surface area contributed by atoms with E-state index in [2.05, 4.69) is 4.98 Å². The van der Waals surface area contributed by atoms with Crippen molar-refractivity contribution in [3.05, 3.63) is 16.1 Å². The fraction of sp³-hybridized carbons (Fsp3) is 0.692. The van der Waals surface area contributed by atoms with Crippen molar-refractivity contribution in [2.75, 3.05) is 13.6 Å². The molecule has 1 saturated carbocycles. The molecule has 100 valence electrons. The second kappa shape index (κ2) is 5.36. The fourth-order valence-electron chi connectivity index (χ4n) is 2.39. The number of carbonyl (C=O) groups excluding carboxylic acids is 1. The van der Waals surface area contributed by atoms with Crippen LogP contribution in [0.15, 0.2) is 6.20 Å². The molecule has 0 bridgehead atoms. The highest BCUT2D eigenvalue weighted by Crippen LogP contribution is 2.43. The second-order valence-electron chi connectivity index (χ2n) is 5.33. The molecule has 4 nitrogen and oxygen atoms in total. The maximum absolute atomic E-state index is 12.2. The molecule has 1 aliphatic rings. The second-order valence-corrected chi connectivity index (χ2v) is 6.65. The number of nitrogens with two attached hydrogens (primary N) is 1. The molecule has 1 amide bonds. The van der Waals surface area contributed by atoms with Gasteiger partial charge in [-0.1, -0.05) is 6.42 Å². The largest absolute Gasteiger partial charge is 0.341 e. The Bertz CT molecular complexity index is 420. The molecule has 1 fully saturated rings. The third-order valence-electron chi connectivity index (χ3n) is 3.86. The van der Waals surface area contributed by atoms with Gasteiger partial charge in [0.25, 0.3) is 0 Å². The molecule has 1 heterocycles. The number of rotatable bonds is 5. The maximum atomic E-state index is 12.2. The van der Waals surface area contributed by atoms with Crippen LogP contribution in [0.1, 0.15) is 35.6 Å². The van der Waals surface area contributed by atoms with Crippen molar-refractivity contribution in [2.45, 2.75) is 39.2 Å². The molecular weight excluding hydrogens is 246 g/mol. The summed E-state index contributed by atoms with van der Waals surface area (Å²) < 4.78 is 0. The van der Waals surface area contributed by atoms with Crippen molar-refractivity contribution < 1.29 is 4.79 Å². The van der Waals surface area contributed by atoms with Gasteiger partial charge < -0.3 is 10.6 Å². The quantitative estimate of drug-likeness (QED) is 0.887. The summed E-state index contributed by atoms with van der Waals surface area (Å²) in [6, 6.07) is 0. The highest BCUT2D eigenvalue weighted by Gasteiger charge is 2.38. The van der Waals surface area contributed by atoms with Crippen LogP contribution >= 0.6 is 11.3 Å². The van der Waals surface area contributed by atoms with Gasteiger partial charge in [0.15, 0.2) is 0 Å². The van der Waals surface area contributed by atoms with Crippen molar-refractivity contribution in [3.63, 3.8) is 0 Å². The van der Waals surface area contributed by atoms with Crippen LogP contribution in [0.25, 0.3) is 0 Å². The molecule has 0 spiro atoms. The lowest BCUT2D eigenvalue weighted by Gasteiger charge is -2.41. The average Bonchev–Trinajstić information content (AvgIpc) is 2.69. The maximum Gasteiger partial charge on any atom is 0.223 e. The molecule has 2 rings (SSSR count). The van der Waals surface area contributed by atoms with E-state index in [1.165, 1.54) is 6.42 Å². The fourth-order valence-corrected chi connectivity index (χ4v) is 3.23. The number of thiazole rings is 1. The Morgan fingerprint density at radius 3 is 2.78 bits per heavy atom. The molecule has 0 saturated heterocycles. The molecule has 0 aromatic carbocycles. The van der Waals surface area contributed by atoms with Gasteiger partial charge in [-0.2, -0.15) is 0 Å². The van der Waals surface area contributed by atoms with Crippen molar-refractivity contribution in [1.82, 2.24) is 9.88 Å². The highest BCUT2D eigenvalue weighted by molar-refractivity contribution is 7.11. The Kier molecular flexibility index (Phi) is 4.02. The number of hydrogen-bond donors (Lipinski definition) is 1. The van der Waals surface area contributed by atoms with E-state index in [4.69, 9.17) is 5.73 Å². The first-order valence-corrected chi connectivity index (χ1v) is 7.22. The minimum atomic E-state index is 0.0922. The first-order chi connectivity index (χ1) is 8.54. The van der Waals surface area contributed by atoms with Crippen molar-refractivity contribution >= 4 is 17.2 Å². The van der Waals surface area contributed by atoms with Crippen LogP contribution in [0, 0.1) is 12.3 Å². The summed E-state index contributed by atoms with van der Waals surface area (Å²) in [6.07, 6.45) is 5.86. The zero-order valence-electron chi connectivity index (χ0n) is 11.1. The summed E-state index contributed by atoms with van der Waals surface area (Å²) in [5.41, 5.74) is 5.89. The number of hydrogen-bond acceptors (Lipinski definition) is 4. The summed E-state index contributed by atoms with van der Waals surface area (Å²) in [5, 5.41) is 1.04. The van der Waals surface area contributed by atoms with Crippen molar-refractivity contribution in [3.8, 4) is 0 Å². The minimum Gasteiger partial charge on any atom is -0.341 e. The Morgan fingerprint density at radius 1 is 1.61 bits per heavy atom. The summed E-state index contributed by atoms with van der Waals surface area (Å²) >= 11 is 1.65. The van der Waals surface area contributed by atoms with Crippen LogP contribution in [-0.2, 0) is 11.3 Å². The van der Waals surface area contributed by atoms with Crippen LogP contribution in [0.3, 0.4) is 0 Å². The Hall–Kier alpha value is -0.940. The standard InChI is InChI=1S/C13H21N3OS/c1-10-15-7-11(18-10)8-16(2)12(17)6-13(9-14)4-3-5-13/h7H,3-6,8-9,14H2,1-2H3. The lowest BCUT2D eigenvalue weighted by Crippen LogP contribution is -2.42. The van der Waals surface area contributed by atoms with E-state index in [0.717, 1.165) is 22.7 Å². The van der Waals surface area contributed by atoms with Crippen LogP contribution in [0.5, 0.6) is 0 Å². The highest BCUT2D eigenvalue weighted by atomic mass is 32.1. The van der Waals surface area contributed by atoms with E-state index >= 15 is 0 Å². The van der Waals surface area contributed by atoms with E-state index in [9.17, 15) is 4.79 Å². The van der Waals surface area contributed by atoms with Gasteiger partial charge in [-0.05, 0) is 31.7 Å². The van der Waals surface area contributed by atoms with Gasteiger partial charge in [0.2, 0.25) is 5.91 Å². The number of aryl methyl sites for hydroxylation is 1. The van der Waals surface area contributed by atoms with Crippen LogP contribution in [-0.4, -0.2) is 29.4 Å². The van der Waals surface area contributed by atoms with Gasteiger partial charge in [-0.15, -0.1) is 11.3 Å². The summed E-state index contributed by atoms with van der Waals surface area (Å²) in [7, 11) is 1.86. The number of carbonyl (C=O) groups is 1. The predicted octanol–water partition coefficient (Wildman–Crippen LogP) is 1.93. The SMILES string of the molecule is Cc1ncc(CN(C)C(=O)CC2(CN)CCC2)s1. The Morgan fingerprint density at radius 2 is 2.33 bits per heavy atom. The average molecular weight is 267 g/mol. The summed E-state index contributed by atoms with van der Waals surface area (Å²) in [6.45, 7) is 3.27. The van der Waals surface area contributed by atoms with Crippen molar-refractivity contribution in [2.24, 2.45) is 11.1 Å². The number of nitrogens with zero attached hydrogens (tertiary/aromatic N) is 2. The smallest absolute Gasteiger partial charge is 0.223 e. The third kappa shape index (κ3) is 2.90. The molecule has 1 aliphatic carbocycles. The van der Waals surface area contributed by atoms with Gasteiger partial charge in [-0.25, -0.2) is 4.98 Å². The van der Waals surface area contributed by atoms with Crippen LogP contribution < -0.4 is 5.73 Å². The molecule has 0 aliphatic heterocycles. The van der Waals surface area contributed by atoms with Crippen LogP contribution in [0.4, 0.5) is 0 Å². The molecule has 0 atom stereocenters. The number of aromatic nitrogens is 1. The molecule has 2 N–H and O–H groups in total. The minimum absolute atomic E-state index is 0.0922. The third-order valence-corrected chi connectivity index (χ3v) is 4.76. The zero-order valence-corrected chi connectivity index (χ0v) is 11.9. The molecule has 18 heavy (non-hydrogen) atoms. The zero-order chi connectivity index (χ0) is 13.2. The van der Waals surface area contributed by atoms with E-state index in [1.807, 2.05) is 20.2 Å². The van der Waals surface area contributed by atoms with Gasteiger partial charge in [-0.3, -0.25) is 4.79 Å². The molecule has 1 aromatic rings. The van der Waals surface area contributed by atoms with Gasteiger partial charge in [0.05, 0.1) is 11.6 Å². The Balaban J connectivity index is 1.88. The molecule has 0 unspecified atom stereocenters. The molecule has 5 heteroatoms. The van der Waals surface area contributed by atoms with E-state index in [1.54, 1.807) is 16.2 Å². The molecular formula is C13H21N3OS. The van der Waals surface area contributed by atoms with E-state index in [0.29, 0.717) is 19.5 Å². The van der Waals surface area contributed by atoms with Gasteiger partial charge in [0.1, 0.15) is 0 Å². The predicted molar refractivity (Wildman–Crippen MR) is 73.3 cm³/mol. The van der Waals surface area contributed by atoms with Gasteiger partial charge in [0, 0.05) is 24.5 Å². The van der Waals surface area contributed by atoms with Crippen LogP contribution in [0.2, 0.25) is 0 Å². The van der Waals surface area contributed by atoms with Gasteiger partial charge >= 0.3 is 0 Å². The Labute approximate surface area is 112 Å². The summed E-state index contributed by atoms with van der Waals surface area (Å²) in [4.78, 5) is 19.3. The monoisotopic (exact) mass is 267 g/mol.